The number of nitrogens with zero attached hydrogens (tertiary/aromatic N) is 3. The molecule has 2 fully saturated rings. The third-order valence-electron chi connectivity index (χ3n) is 5.37. The molecule has 2 atom stereocenters. The highest BCUT2D eigenvalue weighted by Crippen LogP contribution is 2.26. The lowest BCUT2D eigenvalue weighted by molar-refractivity contribution is -0.143. The number of rotatable bonds is 6. The topological polar surface area (TPSA) is 56.0 Å². The Labute approximate surface area is 164 Å². The van der Waals surface area contributed by atoms with Crippen molar-refractivity contribution in [1.29, 1.82) is 0 Å². The summed E-state index contributed by atoms with van der Waals surface area (Å²) in [5.41, 5.74) is 0. The van der Waals surface area contributed by atoms with E-state index in [2.05, 4.69) is 20.5 Å². The lowest BCUT2D eigenvalue weighted by Gasteiger charge is -2.27. The summed E-state index contributed by atoms with van der Waals surface area (Å²) in [7, 11) is 1.68. The molecule has 1 aromatic rings. The molecule has 2 aliphatic rings. The fourth-order valence-electron chi connectivity index (χ4n) is 4.02. The minimum absolute atomic E-state index is 0.0374. The Morgan fingerprint density at radius 2 is 2.04 bits per heavy atom. The number of nitrogens with one attached hydrogen (secondary N) is 2. The molecular weight excluding hydrogens is 371 g/mol. The van der Waals surface area contributed by atoms with Gasteiger partial charge in [0.1, 0.15) is 11.5 Å². The maximum absolute atomic E-state index is 12.6. The molecule has 2 N–H and O–H groups in total. The first-order valence-corrected chi connectivity index (χ1v) is 9.91. The second-order valence-electron chi connectivity index (χ2n) is 7.64. The Morgan fingerprint density at radius 1 is 1.29 bits per heavy atom. The fraction of sp³-hybridized carbons (Fsp3) is 0.737. The van der Waals surface area contributed by atoms with E-state index in [1.807, 2.05) is 19.1 Å². The molecule has 3 heterocycles. The van der Waals surface area contributed by atoms with Crippen molar-refractivity contribution in [3.05, 3.63) is 23.7 Å². The molecule has 158 valence electrons. The quantitative estimate of drug-likeness (QED) is 0.567. The van der Waals surface area contributed by atoms with Gasteiger partial charge in [-0.3, -0.25) is 14.8 Å². The van der Waals surface area contributed by atoms with Crippen LogP contribution in [0.5, 0.6) is 0 Å². The molecule has 0 saturated carbocycles. The van der Waals surface area contributed by atoms with Crippen molar-refractivity contribution in [3.63, 3.8) is 0 Å². The zero-order valence-electron chi connectivity index (χ0n) is 16.6. The van der Waals surface area contributed by atoms with Crippen LogP contribution in [0.2, 0.25) is 0 Å². The normalized spacial score (nSPS) is 23.3. The number of halogens is 3. The Hall–Kier alpha value is -1.74. The molecule has 0 bridgehead atoms. The van der Waals surface area contributed by atoms with Crippen LogP contribution in [0.4, 0.5) is 13.2 Å². The van der Waals surface area contributed by atoms with Gasteiger partial charge in [-0.25, -0.2) is 0 Å². The smallest absolute Gasteiger partial charge is 0.401 e. The molecule has 0 aliphatic carbocycles. The Morgan fingerprint density at radius 3 is 2.64 bits per heavy atom. The molecule has 0 amide bonds. The Balaban J connectivity index is 1.53. The average Bonchev–Trinajstić information content (AvgIpc) is 3.36. The first-order valence-electron chi connectivity index (χ1n) is 9.91. The molecule has 28 heavy (non-hydrogen) atoms. The van der Waals surface area contributed by atoms with Crippen molar-refractivity contribution < 1.29 is 17.6 Å². The highest BCUT2D eigenvalue weighted by molar-refractivity contribution is 5.80. The number of aliphatic imine (C=N–C) groups is 1. The van der Waals surface area contributed by atoms with Crippen LogP contribution in [0.25, 0.3) is 0 Å². The van der Waals surface area contributed by atoms with Gasteiger partial charge in [-0.1, -0.05) is 0 Å². The zero-order chi connectivity index (χ0) is 20.1. The molecule has 3 rings (SSSR count). The number of alkyl halides is 3. The van der Waals surface area contributed by atoms with E-state index in [-0.39, 0.29) is 12.1 Å². The van der Waals surface area contributed by atoms with Crippen molar-refractivity contribution in [3.8, 4) is 0 Å². The van der Waals surface area contributed by atoms with Gasteiger partial charge in [0.05, 0.1) is 12.6 Å². The number of hydrogen-bond acceptors (Lipinski definition) is 4. The van der Waals surface area contributed by atoms with E-state index in [1.54, 1.807) is 7.05 Å². The van der Waals surface area contributed by atoms with E-state index in [0.29, 0.717) is 32.0 Å². The fourth-order valence-corrected chi connectivity index (χ4v) is 4.02. The van der Waals surface area contributed by atoms with E-state index in [1.165, 1.54) is 17.7 Å². The van der Waals surface area contributed by atoms with Crippen LogP contribution in [0.1, 0.15) is 36.8 Å². The van der Waals surface area contributed by atoms with E-state index in [9.17, 15) is 13.2 Å². The second kappa shape index (κ2) is 9.17. The van der Waals surface area contributed by atoms with Crippen LogP contribution >= 0.6 is 0 Å². The molecule has 2 saturated heterocycles. The van der Waals surface area contributed by atoms with Gasteiger partial charge in [-0.2, -0.15) is 13.2 Å². The second-order valence-corrected chi connectivity index (χ2v) is 7.64. The van der Waals surface area contributed by atoms with Gasteiger partial charge in [-0.05, 0) is 51.4 Å². The number of aryl methyl sites for hydroxylation is 1. The molecule has 1 aromatic heterocycles. The summed E-state index contributed by atoms with van der Waals surface area (Å²) in [6.45, 7) is 4.59. The summed E-state index contributed by atoms with van der Waals surface area (Å²) in [4.78, 5) is 8.09. The average molecular weight is 401 g/mol. The summed E-state index contributed by atoms with van der Waals surface area (Å²) in [5, 5.41) is 6.61. The summed E-state index contributed by atoms with van der Waals surface area (Å²) < 4.78 is 43.6. The monoisotopic (exact) mass is 401 g/mol. The first-order chi connectivity index (χ1) is 13.3. The van der Waals surface area contributed by atoms with Crippen molar-refractivity contribution in [2.45, 2.75) is 44.4 Å². The first kappa shape index (κ1) is 21.0. The number of likely N-dealkylation sites (tertiary alicyclic amines) is 2. The van der Waals surface area contributed by atoms with E-state index < -0.39 is 12.7 Å². The number of furan rings is 1. The molecule has 0 radical (unpaired) electrons. The highest BCUT2D eigenvalue weighted by atomic mass is 19.4. The van der Waals surface area contributed by atoms with Gasteiger partial charge in [0, 0.05) is 32.7 Å². The molecule has 0 aromatic carbocycles. The third-order valence-corrected chi connectivity index (χ3v) is 5.37. The highest BCUT2D eigenvalue weighted by Gasteiger charge is 2.34. The predicted molar refractivity (Wildman–Crippen MR) is 102 cm³/mol. The largest absolute Gasteiger partial charge is 0.465 e. The standard InChI is InChI=1S/C19H30F3N5O/c1-14-5-6-17(28-14)16(27-8-3-4-9-27)11-24-18(23-2)25-15-7-10-26(12-15)13-19(20,21)22/h5-6,15-16H,3-4,7-13H2,1-2H3,(H2,23,24,25). The maximum atomic E-state index is 12.6. The molecule has 2 unspecified atom stereocenters. The van der Waals surface area contributed by atoms with E-state index in [0.717, 1.165) is 24.6 Å². The van der Waals surface area contributed by atoms with Crippen molar-refractivity contribution in [2.75, 3.05) is 46.3 Å². The number of hydrogen-bond donors (Lipinski definition) is 2. The van der Waals surface area contributed by atoms with Crippen LogP contribution in [0.3, 0.4) is 0 Å². The Bertz CT molecular complexity index is 654. The third kappa shape index (κ3) is 5.88. The minimum Gasteiger partial charge on any atom is -0.465 e. The maximum Gasteiger partial charge on any atom is 0.401 e. The van der Waals surface area contributed by atoms with Crippen LogP contribution in [0.15, 0.2) is 21.5 Å². The predicted octanol–water partition coefficient (Wildman–Crippen LogP) is 2.53. The Kier molecular flexibility index (Phi) is 6.87. The van der Waals surface area contributed by atoms with Crippen LogP contribution in [-0.2, 0) is 0 Å². The van der Waals surface area contributed by atoms with Crippen LogP contribution in [-0.4, -0.2) is 74.3 Å². The molecule has 6 nitrogen and oxygen atoms in total. The molecule has 0 spiro atoms. The summed E-state index contributed by atoms with van der Waals surface area (Å²) in [6.07, 6.45) is -1.12. The van der Waals surface area contributed by atoms with Gasteiger partial charge >= 0.3 is 6.18 Å². The minimum atomic E-state index is -4.15. The molecule has 9 heteroatoms. The summed E-state index contributed by atoms with van der Waals surface area (Å²) in [5.74, 6) is 2.43. The van der Waals surface area contributed by atoms with Crippen molar-refractivity contribution in [2.24, 2.45) is 4.99 Å². The van der Waals surface area contributed by atoms with Gasteiger partial charge < -0.3 is 15.1 Å². The lowest BCUT2D eigenvalue weighted by atomic mass is 10.2. The molecule has 2 aliphatic heterocycles. The van der Waals surface area contributed by atoms with Gasteiger partial charge in [0.25, 0.3) is 0 Å². The zero-order valence-corrected chi connectivity index (χ0v) is 16.6. The summed E-state index contributed by atoms with van der Waals surface area (Å²) >= 11 is 0. The van der Waals surface area contributed by atoms with Gasteiger partial charge in [0.15, 0.2) is 5.96 Å². The lowest BCUT2D eigenvalue weighted by Crippen LogP contribution is -2.47. The van der Waals surface area contributed by atoms with E-state index >= 15 is 0 Å². The van der Waals surface area contributed by atoms with Crippen LogP contribution < -0.4 is 10.6 Å². The van der Waals surface area contributed by atoms with Gasteiger partial charge in [-0.15, -0.1) is 0 Å². The van der Waals surface area contributed by atoms with Crippen molar-refractivity contribution >= 4 is 5.96 Å². The number of guanidine groups is 1. The van der Waals surface area contributed by atoms with Crippen LogP contribution in [0, 0.1) is 6.92 Å². The molecular formula is C19H30F3N5O. The SMILES string of the molecule is CN=C(NCC(c1ccc(C)o1)N1CCCC1)NC1CCN(CC(F)(F)F)C1. The van der Waals surface area contributed by atoms with Gasteiger partial charge in [0.2, 0.25) is 0 Å². The van der Waals surface area contributed by atoms with Crippen molar-refractivity contribution in [1.82, 2.24) is 20.4 Å². The van der Waals surface area contributed by atoms with E-state index in [4.69, 9.17) is 4.42 Å². The summed E-state index contributed by atoms with van der Waals surface area (Å²) in [6, 6.07) is 4.06.